The van der Waals surface area contributed by atoms with Gasteiger partial charge < -0.3 is 29.7 Å². The second-order valence-corrected chi connectivity index (χ2v) is 11.7. The highest BCUT2D eigenvalue weighted by Gasteiger charge is 2.73. The number of fused-ring (bicyclic) bond motifs is 2. The van der Waals surface area contributed by atoms with Gasteiger partial charge in [0, 0.05) is 25.6 Å². The average Bonchev–Trinajstić information content (AvgIpc) is 3.61. The van der Waals surface area contributed by atoms with Crippen LogP contribution < -0.4 is 5.32 Å². The molecular formula is C32H41N3O7. The van der Waals surface area contributed by atoms with Crippen LogP contribution >= 0.6 is 0 Å². The Labute approximate surface area is 246 Å². The van der Waals surface area contributed by atoms with Crippen molar-refractivity contribution < 1.29 is 33.8 Å². The lowest BCUT2D eigenvalue weighted by Gasteiger charge is -2.38. The van der Waals surface area contributed by atoms with Crippen molar-refractivity contribution >= 4 is 23.7 Å². The fraction of sp³-hybridized carbons (Fsp3) is 0.562. The van der Waals surface area contributed by atoms with E-state index in [1.165, 1.54) is 4.90 Å². The number of amides is 3. The Morgan fingerprint density at radius 1 is 1.12 bits per heavy atom. The molecule has 3 amide bonds. The van der Waals surface area contributed by atoms with Gasteiger partial charge in [0.2, 0.25) is 17.7 Å². The fourth-order valence-electron chi connectivity index (χ4n) is 7.01. The molecular weight excluding hydrogens is 538 g/mol. The van der Waals surface area contributed by atoms with Crippen molar-refractivity contribution in [3.8, 4) is 0 Å². The molecule has 2 fully saturated rings. The van der Waals surface area contributed by atoms with E-state index in [1.54, 1.807) is 24.0 Å². The van der Waals surface area contributed by atoms with E-state index in [2.05, 4.69) is 5.32 Å². The number of hydrogen-bond donors (Lipinski definition) is 2. The van der Waals surface area contributed by atoms with E-state index >= 15 is 0 Å². The maximum atomic E-state index is 14.4. The Hall–Kier alpha value is -3.50. The van der Waals surface area contributed by atoms with Gasteiger partial charge >= 0.3 is 5.97 Å². The first-order valence-corrected chi connectivity index (χ1v) is 15.0. The molecule has 1 spiro atoms. The lowest BCUT2D eigenvalue weighted by atomic mass is 9.74. The molecule has 42 heavy (non-hydrogen) atoms. The van der Waals surface area contributed by atoms with Gasteiger partial charge in [-0.15, -0.1) is 0 Å². The molecule has 5 bridgehead atoms. The molecule has 1 aromatic carbocycles. The minimum absolute atomic E-state index is 0.0569. The van der Waals surface area contributed by atoms with Crippen LogP contribution in [0.3, 0.4) is 0 Å². The summed E-state index contributed by atoms with van der Waals surface area (Å²) in [6, 6.07) is 7.47. The summed E-state index contributed by atoms with van der Waals surface area (Å²) in [6.07, 6.45) is 8.06. The van der Waals surface area contributed by atoms with E-state index in [0.717, 1.165) is 12.8 Å². The van der Waals surface area contributed by atoms with Crippen LogP contribution in [0.2, 0.25) is 0 Å². The Kier molecular flexibility index (Phi) is 8.84. The van der Waals surface area contributed by atoms with E-state index in [1.807, 2.05) is 56.3 Å². The second-order valence-electron chi connectivity index (χ2n) is 11.7. The van der Waals surface area contributed by atoms with E-state index in [4.69, 9.17) is 9.47 Å². The third-order valence-corrected chi connectivity index (χ3v) is 8.96. The monoisotopic (exact) mass is 579 g/mol. The number of β-amino-alcohol motifs (C(OH)–C–C–N with tert-alkyl or cyclic N) is 1. The molecule has 0 radical (unpaired) electrons. The minimum Gasteiger partial charge on any atom is -0.455 e. The van der Waals surface area contributed by atoms with Crippen LogP contribution in [0.4, 0.5) is 0 Å². The second kappa shape index (κ2) is 12.4. The molecule has 4 aliphatic heterocycles. The van der Waals surface area contributed by atoms with Crippen molar-refractivity contribution in [2.24, 2.45) is 11.8 Å². The number of esters is 1. The van der Waals surface area contributed by atoms with Crippen LogP contribution in [0.25, 0.3) is 0 Å². The SMILES string of the molecule is CCCC(C)N1C/C=C\CCC(=O)N[C@@H](C)[C@H](c2ccccc2)OC(=O)[C@@H]2[C@H]3C(=O)N(CCO)[C@H](C1=O)[C@]31C=C[C@H]2O1. The zero-order chi connectivity index (χ0) is 30.0. The number of aliphatic hydroxyl groups excluding tert-OH is 1. The lowest BCUT2D eigenvalue weighted by molar-refractivity contribution is -0.161. The molecule has 2 saturated heterocycles. The molecule has 10 heteroatoms. The Morgan fingerprint density at radius 2 is 1.88 bits per heavy atom. The van der Waals surface area contributed by atoms with Gasteiger partial charge in [-0.2, -0.15) is 0 Å². The zero-order valence-electron chi connectivity index (χ0n) is 24.5. The molecule has 0 saturated carbocycles. The maximum Gasteiger partial charge on any atom is 0.313 e. The molecule has 5 rings (SSSR count). The molecule has 1 unspecified atom stereocenters. The standard InChI is InChI=1S/C32H41N3O7/c1-4-11-20(2)34-17-10-6-9-14-24(37)33-21(3)27(22-12-7-5-8-13-22)41-31(40)25-23-15-16-32(42-23)26(25)29(38)35(18-19-36)28(32)30(34)39/h5-8,10,12-13,15-16,20-21,23,25-28,36H,4,9,11,14,17-19H2,1-3H3,(H,33,37)/b10-6-/t20?,21-,23+,25-,26-,27+,28+,32-/m0/s1. The summed E-state index contributed by atoms with van der Waals surface area (Å²) in [6.45, 7) is 5.71. The number of likely N-dealkylation sites (tertiary alicyclic amines) is 1. The number of carbonyl (C=O) groups is 4. The molecule has 8 atom stereocenters. The van der Waals surface area contributed by atoms with Crippen LogP contribution in [-0.4, -0.2) is 88.1 Å². The first kappa shape index (κ1) is 30.0. The van der Waals surface area contributed by atoms with E-state index in [9.17, 15) is 24.3 Å². The van der Waals surface area contributed by atoms with Gasteiger partial charge in [-0.25, -0.2) is 0 Å². The topological polar surface area (TPSA) is 125 Å². The maximum absolute atomic E-state index is 14.4. The van der Waals surface area contributed by atoms with Crippen molar-refractivity contribution in [2.75, 3.05) is 19.7 Å². The summed E-state index contributed by atoms with van der Waals surface area (Å²) in [7, 11) is 0. The molecule has 0 aliphatic carbocycles. The number of aliphatic hydroxyl groups is 1. The first-order chi connectivity index (χ1) is 20.2. The van der Waals surface area contributed by atoms with Crippen LogP contribution in [-0.2, 0) is 28.7 Å². The molecule has 4 heterocycles. The third-order valence-electron chi connectivity index (χ3n) is 8.96. The number of carbonyl (C=O) groups excluding carboxylic acids is 4. The highest BCUT2D eigenvalue weighted by molar-refractivity contribution is 5.99. The van der Waals surface area contributed by atoms with Gasteiger partial charge in [-0.3, -0.25) is 19.2 Å². The summed E-state index contributed by atoms with van der Waals surface area (Å²) in [5.41, 5.74) is -0.638. The number of nitrogens with zero attached hydrogens (tertiary/aromatic N) is 2. The van der Waals surface area contributed by atoms with Crippen LogP contribution in [0.5, 0.6) is 0 Å². The number of allylic oxidation sites excluding steroid dienone is 1. The summed E-state index contributed by atoms with van der Waals surface area (Å²) in [4.78, 5) is 58.4. The Balaban J connectivity index is 1.57. The molecule has 1 aromatic rings. The first-order valence-electron chi connectivity index (χ1n) is 15.0. The Bertz CT molecular complexity index is 1250. The number of hydrogen-bond acceptors (Lipinski definition) is 7. The van der Waals surface area contributed by atoms with Crippen molar-refractivity contribution in [3.05, 3.63) is 60.2 Å². The van der Waals surface area contributed by atoms with Gasteiger partial charge in [0.25, 0.3) is 0 Å². The molecule has 2 N–H and O–H groups in total. The number of cyclic esters (lactones) is 1. The van der Waals surface area contributed by atoms with E-state index in [-0.39, 0.29) is 37.4 Å². The summed E-state index contributed by atoms with van der Waals surface area (Å²) >= 11 is 0. The fourth-order valence-corrected chi connectivity index (χ4v) is 7.01. The van der Waals surface area contributed by atoms with Gasteiger partial charge in [0.15, 0.2) is 0 Å². The zero-order valence-corrected chi connectivity index (χ0v) is 24.5. The lowest BCUT2D eigenvalue weighted by Crippen LogP contribution is -2.57. The number of ether oxygens (including phenoxy) is 2. The molecule has 0 aromatic heterocycles. The van der Waals surface area contributed by atoms with E-state index < -0.39 is 53.6 Å². The van der Waals surface area contributed by atoms with Gasteiger partial charge in [0.05, 0.1) is 24.7 Å². The number of benzene rings is 1. The van der Waals surface area contributed by atoms with Gasteiger partial charge in [-0.05, 0) is 32.3 Å². The molecule has 4 aliphatic rings. The van der Waals surface area contributed by atoms with Crippen LogP contribution in [0.1, 0.15) is 58.1 Å². The normalized spacial score (nSPS) is 34.8. The van der Waals surface area contributed by atoms with Crippen LogP contribution in [0, 0.1) is 11.8 Å². The smallest absolute Gasteiger partial charge is 0.313 e. The number of rotatable bonds is 6. The van der Waals surface area contributed by atoms with Crippen molar-refractivity contribution in [1.29, 1.82) is 0 Å². The van der Waals surface area contributed by atoms with Gasteiger partial charge in [-0.1, -0.05) is 68.0 Å². The number of nitrogens with one attached hydrogen (secondary N) is 1. The largest absolute Gasteiger partial charge is 0.455 e. The third kappa shape index (κ3) is 5.26. The summed E-state index contributed by atoms with van der Waals surface area (Å²) < 4.78 is 12.5. The Morgan fingerprint density at radius 3 is 2.60 bits per heavy atom. The molecule has 10 nitrogen and oxygen atoms in total. The van der Waals surface area contributed by atoms with Crippen molar-refractivity contribution in [3.63, 3.8) is 0 Å². The van der Waals surface area contributed by atoms with Gasteiger partial charge in [0.1, 0.15) is 23.7 Å². The average molecular weight is 580 g/mol. The quantitative estimate of drug-likeness (QED) is 0.391. The minimum atomic E-state index is -1.35. The highest BCUT2D eigenvalue weighted by atomic mass is 16.6. The predicted molar refractivity (Wildman–Crippen MR) is 154 cm³/mol. The van der Waals surface area contributed by atoms with Crippen LogP contribution in [0.15, 0.2) is 54.6 Å². The van der Waals surface area contributed by atoms with Crippen molar-refractivity contribution in [2.45, 2.75) is 82.4 Å². The van der Waals surface area contributed by atoms with Crippen molar-refractivity contribution in [1.82, 2.24) is 15.1 Å². The highest BCUT2D eigenvalue weighted by Crippen LogP contribution is 2.55. The molecule has 226 valence electrons. The summed E-state index contributed by atoms with van der Waals surface area (Å²) in [5.74, 6) is -3.46. The summed E-state index contributed by atoms with van der Waals surface area (Å²) in [5, 5.41) is 12.9. The predicted octanol–water partition coefficient (Wildman–Crippen LogP) is 2.29. The van der Waals surface area contributed by atoms with E-state index in [0.29, 0.717) is 18.5 Å².